The molecule has 0 aliphatic carbocycles. The molecule has 0 fully saturated rings. The van der Waals surface area contributed by atoms with Crippen LogP contribution in [0.4, 0.5) is 13.2 Å². The van der Waals surface area contributed by atoms with E-state index in [1.807, 2.05) is 0 Å². The van der Waals surface area contributed by atoms with E-state index in [0.717, 1.165) is 11.1 Å². The second kappa shape index (κ2) is 9.88. The Labute approximate surface area is 198 Å². The van der Waals surface area contributed by atoms with E-state index in [4.69, 9.17) is 4.74 Å². The summed E-state index contributed by atoms with van der Waals surface area (Å²) in [5.74, 6) is -0.164. The van der Waals surface area contributed by atoms with Crippen LogP contribution in [0.5, 0.6) is 11.5 Å². The number of nitrogens with zero attached hydrogens (tertiary/aromatic N) is 3. The number of halogens is 3. The Morgan fingerprint density at radius 2 is 1.66 bits per heavy atom. The first-order chi connectivity index (χ1) is 16.7. The van der Waals surface area contributed by atoms with Crippen LogP contribution in [0.2, 0.25) is 0 Å². The lowest BCUT2D eigenvalue weighted by Crippen LogP contribution is -2.17. The van der Waals surface area contributed by atoms with Gasteiger partial charge in [-0.25, -0.2) is 9.67 Å². The van der Waals surface area contributed by atoms with Gasteiger partial charge in [0.15, 0.2) is 5.82 Å². The zero-order valence-corrected chi connectivity index (χ0v) is 18.4. The minimum atomic E-state index is -4.75. The zero-order valence-electron chi connectivity index (χ0n) is 18.4. The van der Waals surface area contributed by atoms with Gasteiger partial charge in [-0.2, -0.15) is 0 Å². The second-order valence-electron chi connectivity index (χ2n) is 7.65. The molecule has 4 aromatic rings. The summed E-state index contributed by atoms with van der Waals surface area (Å²) in [5, 5.41) is 13.7. The van der Waals surface area contributed by atoms with Gasteiger partial charge in [0.1, 0.15) is 23.9 Å². The predicted molar refractivity (Wildman–Crippen MR) is 120 cm³/mol. The summed E-state index contributed by atoms with van der Waals surface area (Å²) in [7, 11) is 0. The number of carbonyl (C=O) groups excluding carboxylic acids is 1. The lowest BCUT2D eigenvalue weighted by Gasteiger charge is -2.13. The third-order valence-corrected chi connectivity index (χ3v) is 5.06. The molecule has 3 aromatic carbocycles. The Hall–Kier alpha value is -4.34. The molecule has 7 nitrogen and oxygen atoms in total. The van der Waals surface area contributed by atoms with Gasteiger partial charge in [0.2, 0.25) is 0 Å². The third-order valence-electron chi connectivity index (χ3n) is 5.06. The van der Waals surface area contributed by atoms with Crippen molar-refractivity contribution in [3.63, 3.8) is 0 Å². The van der Waals surface area contributed by atoms with Crippen molar-refractivity contribution in [3.8, 4) is 28.6 Å². The Morgan fingerprint density at radius 1 is 1.00 bits per heavy atom. The molecule has 1 aromatic heterocycles. The molecule has 1 N–H and O–H groups in total. The van der Waals surface area contributed by atoms with E-state index in [2.05, 4.69) is 14.8 Å². The van der Waals surface area contributed by atoms with Crippen LogP contribution in [0.1, 0.15) is 24.2 Å². The number of hydrogen-bond acceptors (Lipinski definition) is 6. The molecule has 1 heterocycles. The van der Waals surface area contributed by atoms with Crippen molar-refractivity contribution in [3.05, 3.63) is 90.3 Å². The van der Waals surface area contributed by atoms with E-state index < -0.39 is 18.4 Å². The summed E-state index contributed by atoms with van der Waals surface area (Å²) in [6.07, 6.45) is -3.68. The summed E-state index contributed by atoms with van der Waals surface area (Å²) in [6, 6.07) is 18.8. The van der Waals surface area contributed by atoms with Gasteiger partial charge >= 0.3 is 12.3 Å². The molecule has 0 aliphatic heterocycles. The largest absolute Gasteiger partial charge is 0.573 e. The number of phenolic OH excluding ortho intramolecular Hbond substituents is 1. The van der Waals surface area contributed by atoms with Crippen LogP contribution in [0, 0.1) is 0 Å². The summed E-state index contributed by atoms with van der Waals surface area (Å²) in [5.41, 5.74) is 2.74. The van der Waals surface area contributed by atoms with Gasteiger partial charge in [0, 0.05) is 5.56 Å². The zero-order chi connectivity index (χ0) is 25.0. The van der Waals surface area contributed by atoms with Crippen molar-refractivity contribution in [1.82, 2.24) is 14.8 Å². The highest BCUT2D eigenvalue weighted by molar-refractivity contribution is 5.73. The highest BCUT2D eigenvalue weighted by Crippen LogP contribution is 2.24. The van der Waals surface area contributed by atoms with E-state index in [1.54, 1.807) is 43.3 Å². The van der Waals surface area contributed by atoms with Gasteiger partial charge in [-0.15, -0.1) is 18.3 Å². The lowest BCUT2D eigenvalue weighted by atomic mass is 10.1. The van der Waals surface area contributed by atoms with Crippen LogP contribution in [-0.4, -0.2) is 32.2 Å². The molecule has 0 aliphatic rings. The minimum Gasteiger partial charge on any atom is -0.508 e. The topological polar surface area (TPSA) is 86.5 Å². The first kappa shape index (κ1) is 23.8. The van der Waals surface area contributed by atoms with Crippen molar-refractivity contribution < 1.29 is 32.5 Å². The van der Waals surface area contributed by atoms with Crippen LogP contribution in [-0.2, 0) is 16.0 Å². The Morgan fingerprint density at radius 3 is 2.29 bits per heavy atom. The number of carbonyl (C=O) groups is 1. The van der Waals surface area contributed by atoms with E-state index in [9.17, 15) is 23.1 Å². The molecule has 180 valence electrons. The second-order valence-corrected chi connectivity index (χ2v) is 7.65. The van der Waals surface area contributed by atoms with Gasteiger partial charge in [-0.1, -0.05) is 36.4 Å². The van der Waals surface area contributed by atoms with Gasteiger partial charge in [0.25, 0.3) is 0 Å². The van der Waals surface area contributed by atoms with Crippen molar-refractivity contribution in [1.29, 1.82) is 0 Å². The molecule has 1 atom stereocenters. The Kier molecular flexibility index (Phi) is 6.72. The highest BCUT2D eigenvalue weighted by atomic mass is 19.4. The standard InChI is InChI=1S/C25H20F3N3O4/c1-16(18-6-10-21(32)11-7-18)34-23(33)14-17-2-4-19(5-3-17)24-29-15-31(30-24)20-8-12-22(13-9-20)35-25(26,27)28/h2-13,15-16,32H,14H2,1H3. The van der Waals surface area contributed by atoms with Crippen LogP contribution in [0.25, 0.3) is 17.1 Å². The van der Waals surface area contributed by atoms with Gasteiger partial charge in [0.05, 0.1) is 12.1 Å². The Bertz CT molecular complexity index is 1290. The molecule has 0 amide bonds. The number of hydrogen-bond donors (Lipinski definition) is 1. The number of benzene rings is 3. The smallest absolute Gasteiger partial charge is 0.508 e. The molecule has 0 saturated heterocycles. The minimum absolute atomic E-state index is 0.0803. The number of rotatable bonds is 7. The van der Waals surface area contributed by atoms with Gasteiger partial charge in [-0.3, -0.25) is 4.79 Å². The lowest BCUT2D eigenvalue weighted by molar-refractivity contribution is -0.274. The van der Waals surface area contributed by atoms with Crippen LogP contribution in [0.15, 0.2) is 79.1 Å². The van der Waals surface area contributed by atoms with E-state index in [-0.39, 0.29) is 17.9 Å². The normalized spacial score (nSPS) is 12.2. The maximum absolute atomic E-state index is 12.3. The molecule has 0 saturated carbocycles. The van der Waals surface area contributed by atoms with Gasteiger partial charge in [-0.05, 0) is 54.4 Å². The fraction of sp³-hybridized carbons (Fsp3) is 0.160. The summed E-state index contributed by atoms with van der Waals surface area (Å²) in [6.45, 7) is 1.76. The molecule has 10 heteroatoms. The molecular formula is C25H20F3N3O4. The number of aromatic nitrogens is 3. The van der Waals surface area contributed by atoms with Crippen molar-refractivity contribution in [2.45, 2.75) is 25.8 Å². The maximum atomic E-state index is 12.3. The predicted octanol–water partition coefficient (Wildman–Crippen LogP) is 5.39. The summed E-state index contributed by atoms with van der Waals surface area (Å²) >= 11 is 0. The molecule has 0 radical (unpaired) electrons. The highest BCUT2D eigenvalue weighted by Gasteiger charge is 2.31. The quantitative estimate of drug-likeness (QED) is 0.355. The molecule has 35 heavy (non-hydrogen) atoms. The van der Waals surface area contributed by atoms with Crippen LogP contribution < -0.4 is 4.74 Å². The Balaban J connectivity index is 1.37. The molecule has 0 spiro atoms. The van der Waals surface area contributed by atoms with Crippen molar-refractivity contribution in [2.24, 2.45) is 0 Å². The first-order valence-corrected chi connectivity index (χ1v) is 10.5. The fourth-order valence-electron chi connectivity index (χ4n) is 3.31. The van der Waals surface area contributed by atoms with Crippen molar-refractivity contribution >= 4 is 5.97 Å². The number of esters is 1. The van der Waals surface area contributed by atoms with E-state index in [0.29, 0.717) is 17.1 Å². The van der Waals surface area contributed by atoms with E-state index >= 15 is 0 Å². The maximum Gasteiger partial charge on any atom is 0.573 e. The van der Waals surface area contributed by atoms with E-state index in [1.165, 1.54) is 47.4 Å². The van der Waals surface area contributed by atoms with Crippen LogP contribution in [0.3, 0.4) is 0 Å². The first-order valence-electron chi connectivity index (χ1n) is 10.5. The third kappa shape index (κ3) is 6.38. The molecular weight excluding hydrogens is 463 g/mol. The monoisotopic (exact) mass is 483 g/mol. The van der Waals surface area contributed by atoms with Gasteiger partial charge < -0.3 is 14.6 Å². The molecule has 4 rings (SSSR count). The number of ether oxygens (including phenoxy) is 2. The summed E-state index contributed by atoms with van der Waals surface area (Å²) in [4.78, 5) is 16.6. The number of aromatic hydroxyl groups is 1. The average Bonchev–Trinajstić information content (AvgIpc) is 3.29. The van der Waals surface area contributed by atoms with Crippen LogP contribution >= 0.6 is 0 Å². The number of phenols is 1. The average molecular weight is 483 g/mol. The molecule has 1 unspecified atom stereocenters. The van der Waals surface area contributed by atoms with Crippen molar-refractivity contribution in [2.75, 3.05) is 0 Å². The summed E-state index contributed by atoms with van der Waals surface area (Å²) < 4.78 is 47.7. The fourth-order valence-corrected chi connectivity index (χ4v) is 3.31. The number of alkyl halides is 3. The molecule has 0 bridgehead atoms. The SMILES string of the molecule is CC(OC(=O)Cc1ccc(-c2ncn(-c3ccc(OC(F)(F)F)cc3)n2)cc1)c1ccc(O)cc1.